The summed E-state index contributed by atoms with van der Waals surface area (Å²) in [6, 6.07) is -0.564. The molecule has 0 aliphatic heterocycles. The molecule has 6 heteroatoms. The summed E-state index contributed by atoms with van der Waals surface area (Å²) in [6.45, 7) is 0. The minimum absolute atomic E-state index is 0.122. The molecule has 1 aliphatic rings. The SMILES string of the molecule is N#[N+]C1CC(C(=O)O)CC(C(=O)O)C1. The lowest BCUT2D eigenvalue weighted by atomic mass is 9.79. The van der Waals surface area contributed by atoms with Crippen LogP contribution >= 0.6 is 0 Å². The van der Waals surface area contributed by atoms with E-state index in [0.29, 0.717) is 0 Å². The predicted octanol–water partition coefficient (Wildman–Crippen LogP) is 0.794. The summed E-state index contributed by atoms with van der Waals surface area (Å²) >= 11 is 0. The molecule has 6 nitrogen and oxygen atoms in total. The van der Waals surface area contributed by atoms with Gasteiger partial charge in [0, 0.05) is 12.8 Å². The van der Waals surface area contributed by atoms with Gasteiger partial charge in [-0.25, -0.2) is 0 Å². The van der Waals surface area contributed by atoms with Gasteiger partial charge in [0.1, 0.15) is 4.98 Å². The second-order valence-electron chi connectivity index (χ2n) is 3.55. The number of hydrogen-bond acceptors (Lipinski definition) is 3. The molecular formula is C8H11N2O4+. The second-order valence-corrected chi connectivity index (χ2v) is 3.55. The van der Waals surface area contributed by atoms with Gasteiger partial charge in [0.2, 0.25) is 5.39 Å². The van der Waals surface area contributed by atoms with E-state index < -0.39 is 29.8 Å². The van der Waals surface area contributed by atoms with Gasteiger partial charge in [-0.2, -0.15) is 0 Å². The third kappa shape index (κ3) is 2.19. The van der Waals surface area contributed by atoms with Crippen molar-refractivity contribution >= 4 is 11.9 Å². The van der Waals surface area contributed by atoms with E-state index in [1.807, 2.05) is 0 Å². The van der Waals surface area contributed by atoms with Gasteiger partial charge in [-0.15, -0.1) is 0 Å². The zero-order chi connectivity index (χ0) is 10.7. The van der Waals surface area contributed by atoms with Crippen molar-refractivity contribution in [2.45, 2.75) is 25.3 Å². The number of carboxylic acid groups (broad SMARTS) is 2. The highest BCUT2D eigenvalue weighted by Crippen LogP contribution is 2.31. The quantitative estimate of drug-likeness (QED) is 0.640. The summed E-state index contributed by atoms with van der Waals surface area (Å²) in [5.74, 6) is -3.48. The standard InChI is InChI=1S/C8H10N2O4/c9-10-6-2-4(7(11)12)1-5(3-6)8(13)14/h4-6H,1-3H2,(H-,11,12,13,14)/p+1. The third-order valence-electron chi connectivity index (χ3n) is 2.54. The first-order valence-electron chi connectivity index (χ1n) is 4.34. The van der Waals surface area contributed by atoms with E-state index >= 15 is 0 Å². The van der Waals surface area contributed by atoms with E-state index in [1.54, 1.807) is 0 Å². The largest absolute Gasteiger partial charge is 0.481 e. The molecule has 1 rings (SSSR count). The Hall–Kier alpha value is -1.64. The number of rotatable bonds is 2. The van der Waals surface area contributed by atoms with Crippen LogP contribution in [-0.4, -0.2) is 28.2 Å². The molecule has 14 heavy (non-hydrogen) atoms. The molecule has 2 N–H and O–H groups in total. The minimum Gasteiger partial charge on any atom is -0.481 e. The molecule has 0 spiro atoms. The smallest absolute Gasteiger partial charge is 0.316 e. The van der Waals surface area contributed by atoms with Crippen molar-refractivity contribution in [3.8, 4) is 0 Å². The predicted molar refractivity (Wildman–Crippen MR) is 45.0 cm³/mol. The summed E-state index contributed by atoms with van der Waals surface area (Å²) < 4.78 is 0. The van der Waals surface area contributed by atoms with Gasteiger partial charge in [0.05, 0.1) is 11.8 Å². The van der Waals surface area contributed by atoms with Gasteiger partial charge in [0.25, 0.3) is 0 Å². The normalized spacial score (nSPS) is 31.8. The van der Waals surface area contributed by atoms with Crippen molar-refractivity contribution in [1.82, 2.24) is 0 Å². The van der Waals surface area contributed by atoms with Crippen molar-refractivity contribution in [2.75, 3.05) is 0 Å². The number of nitrogens with zero attached hydrogens (tertiary/aromatic N) is 2. The highest BCUT2D eigenvalue weighted by atomic mass is 16.4. The molecule has 2 atom stereocenters. The lowest BCUT2D eigenvalue weighted by Crippen LogP contribution is -2.33. The zero-order valence-corrected chi connectivity index (χ0v) is 7.46. The summed E-state index contributed by atoms with van der Waals surface area (Å²) in [6.07, 6.45) is 0.557. The van der Waals surface area contributed by atoms with Gasteiger partial charge >= 0.3 is 18.0 Å². The second kappa shape index (κ2) is 4.05. The van der Waals surface area contributed by atoms with Crippen LogP contribution in [0.2, 0.25) is 0 Å². The first-order chi connectivity index (χ1) is 6.54. The van der Waals surface area contributed by atoms with Crippen LogP contribution in [-0.2, 0) is 9.59 Å². The number of diazo groups is 1. The number of aliphatic carboxylic acids is 2. The first-order valence-corrected chi connectivity index (χ1v) is 4.34. The van der Waals surface area contributed by atoms with E-state index in [2.05, 4.69) is 4.98 Å². The maximum Gasteiger partial charge on any atom is 0.316 e. The van der Waals surface area contributed by atoms with Crippen molar-refractivity contribution in [3.63, 3.8) is 0 Å². The van der Waals surface area contributed by atoms with Crippen LogP contribution in [0.1, 0.15) is 19.3 Å². The van der Waals surface area contributed by atoms with Crippen molar-refractivity contribution in [1.29, 1.82) is 5.39 Å². The van der Waals surface area contributed by atoms with Crippen LogP contribution in [0, 0.1) is 17.2 Å². The fourth-order valence-corrected chi connectivity index (χ4v) is 1.79. The van der Waals surface area contributed by atoms with Crippen molar-refractivity contribution in [2.24, 2.45) is 11.8 Å². The Balaban J connectivity index is 2.72. The molecule has 76 valence electrons. The summed E-state index contributed by atoms with van der Waals surface area (Å²) in [4.78, 5) is 24.3. The maximum atomic E-state index is 10.7. The van der Waals surface area contributed by atoms with Crippen LogP contribution in [0.4, 0.5) is 0 Å². The molecule has 0 heterocycles. The van der Waals surface area contributed by atoms with Crippen LogP contribution in [0.3, 0.4) is 0 Å². The highest BCUT2D eigenvalue weighted by Gasteiger charge is 2.42. The van der Waals surface area contributed by atoms with Gasteiger partial charge in [0.15, 0.2) is 0 Å². The van der Waals surface area contributed by atoms with Crippen molar-refractivity contribution < 1.29 is 19.8 Å². The molecule has 0 saturated heterocycles. The molecule has 1 aliphatic carbocycles. The fourth-order valence-electron chi connectivity index (χ4n) is 1.79. The maximum absolute atomic E-state index is 10.7. The van der Waals surface area contributed by atoms with E-state index in [1.165, 1.54) is 0 Å². The number of carbonyl (C=O) groups is 2. The topological polar surface area (TPSA) is 103 Å². The average molecular weight is 199 g/mol. The minimum atomic E-state index is -1.02. The molecule has 0 aromatic rings. The molecule has 2 unspecified atom stereocenters. The molecule has 0 amide bonds. The Kier molecular flexibility index (Phi) is 3.02. The number of hydrogen-bond donors (Lipinski definition) is 2. The molecule has 0 aromatic heterocycles. The molecule has 0 radical (unpaired) electrons. The zero-order valence-electron chi connectivity index (χ0n) is 7.46. The van der Waals surface area contributed by atoms with Crippen LogP contribution < -0.4 is 0 Å². The van der Waals surface area contributed by atoms with Crippen LogP contribution in [0.15, 0.2) is 0 Å². The van der Waals surface area contributed by atoms with Gasteiger partial charge in [-0.3, -0.25) is 9.59 Å². The summed E-state index contributed by atoms with van der Waals surface area (Å²) in [7, 11) is 0. The monoisotopic (exact) mass is 199 g/mol. The van der Waals surface area contributed by atoms with Crippen LogP contribution in [0.25, 0.3) is 4.98 Å². The average Bonchev–Trinajstić information content (AvgIpc) is 2.16. The molecule has 1 fully saturated rings. The van der Waals surface area contributed by atoms with Gasteiger partial charge in [-0.1, -0.05) is 0 Å². The van der Waals surface area contributed by atoms with Gasteiger partial charge < -0.3 is 10.2 Å². The highest BCUT2D eigenvalue weighted by molar-refractivity contribution is 5.74. The summed E-state index contributed by atoms with van der Waals surface area (Å²) in [5, 5.41) is 26.0. The Morgan fingerprint density at radius 2 is 1.50 bits per heavy atom. The van der Waals surface area contributed by atoms with E-state index in [9.17, 15) is 9.59 Å². The Bertz CT molecular complexity index is 274. The van der Waals surface area contributed by atoms with Crippen LogP contribution in [0.5, 0.6) is 0 Å². The lowest BCUT2D eigenvalue weighted by molar-refractivity contribution is -0.147. The third-order valence-corrected chi connectivity index (χ3v) is 2.54. The molecule has 0 aromatic carbocycles. The van der Waals surface area contributed by atoms with E-state index in [-0.39, 0.29) is 19.3 Å². The van der Waals surface area contributed by atoms with Crippen molar-refractivity contribution in [3.05, 3.63) is 4.98 Å². The Morgan fingerprint density at radius 1 is 1.07 bits per heavy atom. The lowest BCUT2D eigenvalue weighted by Gasteiger charge is -2.21. The Morgan fingerprint density at radius 3 is 1.79 bits per heavy atom. The Labute approximate surface area is 80.2 Å². The number of carboxylic acids is 2. The van der Waals surface area contributed by atoms with E-state index in [4.69, 9.17) is 15.6 Å². The summed E-state index contributed by atoms with van der Waals surface area (Å²) in [5.41, 5.74) is 0. The molecule has 0 bridgehead atoms. The van der Waals surface area contributed by atoms with E-state index in [0.717, 1.165) is 0 Å². The first kappa shape index (κ1) is 10.4. The molecule has 1 saturated carbocycles. The fraction of sp³-hybridized carbons (Fsp3) is 0.750. The van der Waals surface area contributed by atoms with Gasteiger partial charge in [-0.05, 0) is 6.42 Å². The molecular weight excluding hydrogens is 188 g/mol.